The lowest BCUT2D eigenvalue weighted by Crippen LogP contribution is -2.39. The van der Waals surface area contributed by atoms with E-state index in [1.165, 1.54) is 0 Å². The Morgan fingerprint density at radius 3 is 2.33 bits per heavy atom. The Labute approximate surface area is 144 Å². The van der Waals surface area contributed by atoms with Crippen molar-refractivity contribution >= 4 is 17.9 Å². The van der Waals surface area contributed by atoms with Gasteiger partial charge in [-0.25, -0.2) is 4.79 Å². The van der Waals surface area contributed by atoms with Crippen molar-refractivity contribution in [1.29, 1.82) is 0 Å². The van der Waals surface area contributed by atoms with Crippen LogP contribution in [0.1, 0.15) is 40.5 Å². The van der Waals surface area contributed by atoms with Crippen LogP contribution in [-0.2, 0) is 14.3 Å². The molecular formula is C17H29N3O4. The summed E-state index contributed by atoms with van der Waals surface area (Å²) in [5, 5.41) is 2.59. The van der Waals surface area contributed by atoms with Gasteiger partial charge in [-0.3, -0.25) is 9.59 Å². The molecule has 24 heavy (non-hydrogen) atoms. The van der Waals surface area contributed by atoms with Crippen LogP contribution in [-0.4, -0.2) is 66.0 Å². The maximum absolute atomic E-state index is 12.2. The number of nitrogens with zero attached hydrogens (tertiary/aromatic N) is 2. The second-order valence-electron chi connectivity index (χ2n) is 6.74. The standard InChI is InChI=1S/C17H29N3O4/c1-5-7-14(21)19-10-6-11-20(13-12-19)15(22)8-9-18-16(23)24-17(2,3)4/h5,7H,6,8-13H2,1-4H3,(H,18,23)/b7-5+. The first-order valence-corrected chi connectivity index (χ1v) is 8.39. The number of ether oxygens (including phenoxy) is 1. The number of hydrogen-bond donors (Lipinski definition) is 1. The van der Waals surface area contributed by atoms with Crippen molar-refractivity contribution < 1.29 is 19.1 Å². The molecule has 3 amide bonds. The highest BCUT2D eigenvalue weighted by atomic mass is 16.6. The third kappa shape index (κ3) is 7.48. The predicted molar refractivity (Wildman–Crippen MR) is 91.4 cm³/mol. The van der Waals surface area contributed by atoms with Gasteiger partial charge in [0.25, 0.3) is 0 Å². The largest absolute Gasteiger partial charge is 0.444 e. The second-order valence-corrected chi connectivity index (χ2v) is 6.74. The van der Waals surface area contributed by atoms with E-state index in [4.69, 9.17) is 4.74 Å². The Balaban J connectivity index is 2.35. The second kappa shape index (κ2) is 9.30. The number of allylic oxidation sites excluding steroid dienone is 1. The van der Waals surface area contributed by atoms with E-state index in [-0.39, 0.29) is 24.8 Å². The third-order valence-corrected chi connectivity index (χ3v) is 3.48. The fraction of sp³-hybridized carbons (Fsp3) is 0.706. The lowest BCUT2D eigenvalue weighted by atomic mass is 10.2. The summed E-state index contributed by atoms with van der Waals surface area (Å²) in [7, 11) is 0. The summed E-state index contributed by atoms with van der Waals surface area (Å²) >= 11 is 0. The van der Waals surface area contributed by atoms with Gasteiger partial charge in [-0.15, -0.1) is 0 Å². The molecule has 1 N–H and O–H groups in total. The van der Waals surface area contributed by atoms with Gasteiger partial charge in [-0.05, 0) is 40.2 Å². The minimum atomic E-state index is -0.554. The highest BCUT2D eigenvalue weighted by Gasteiger charge is 2.21. The Morgan fingerprint density at radius 2 is 1.71 bits per heavy atom. The molecule has 0 aromatic rings. The maximum atomic E-state index is 12.2. The topological polar surface area (TPSA) is 79.0 Å². The molecule has 136 valence electrons. The summed E-state index contributed by atoms with van der Waals surface area (Å²) in [4.78, 5) is 39.1. The zero-order chi connectivity index (χ0) is 18.2. The minimum absolute atomic E-state index is 0.0154. The summed E-state index contributed by atoms with van der Waals surface area (Å²) in [5.41, 5.74) is -0.554. The Hall–Kier alpha value is -2.05. The molecule has 0 aromatic carbocycles. The van der Waals surface area contributed by atoms with E-state index in [1.54, 1.807) is 42.7 Å². The van der Waals surface area contributed by atoms with Crippen molar-refractivity contribution in [2.75, 3.05) is 32.7 Å². The highest BCUT2D eigenvalue weighted by molar-refractivity contribution is 5.87. The normalized spacial score (nSPS) is 16.0. The van der Waals surface area contributed by atoms with Crippen molar-refractivity contribution in [3.63, 3.8) is 0 Å². The number of rotatable bonds is 4. The number of carbonyl (C=O) groups is 3. The van der Waals surface area contributed by atoms with Gasteiger partial charge in [-0.2, -0.15) is 0 Å². The van der Waals surface area contributed by atoms with Crippen LogP contribution in [0.3, 0.4) is 0 Å². The van der Waals surface area contributed by atoms with Gasteiger partial charge >= 0.3 is 6.09 Å². The third-order valence-electron chi connectivity index (χ3n) is 3.48. The van der Waals surface area contributed by atoms with Crippen molar-refractivity contribution in [2.24, 2.45) is 0 Å². The van der Waals surface area contributed by atoms with E-state index in [2.05, 4.69) is 5.32 Å². The molecule has 0 aliphatic carbocycles. The smallest absolute Gasteiger partial charge is 0.407 e. The van der Waals surface area contributed by atoms with Gasteiger partial charge in [0.05, 0.1) is 0 Å². The molecule has 7 heteroatoms. The van der Waals surface area contributed by atoms with Gasteiger partial charge in [0.15, 0.2) is 0 Å². The Morgan fingerprint density at radius 1 is 1.08 bits per heavy atom. The van der Waals surface area contributed by atoms with E-state index >= 15 is 0 Å². The predicted octanol–water partition coefficient (Wildman–Crippen LogP) is 1.54. The monoisotopic (exact) mass is 339 g/mol. The van der Waals surface area contributed by atoms with E-state index in [1.807, 2.05) is 6.92 Å². The van der Waals surface area contributed by atoms with Crippen LogP contribution >= 0.6 is 0 Å². The quantitative estimate of drug-likeness (QED) is 0.788. The summed E-state index contributed by atoms with van der Waals surface area (Å²) in [6.07, 6.45) is 3.73. The van der Waals surface area contributed by atoms with Crippen LogP contribution in [0.15, 0.2) is 12.2 Å². The van der Waals surface area contributed by atoms with E-state index in [0.29, 0.717) is 26.2 Å². The van der Waals surface area contributed by atoms with Gasteiger partial charge in [0.2, 0.25) is 11.8 Å². The number of hydrogen-bond acceptors (Lipinski definition) is 4. The summed E-state index contributed by atoms with van der Waals surface area (Å²) in [6, 6.07) is 0. The summed E-state index contributed by atoms with van der Waals surface area (Å²) in [6.45, 7) is 9.76. The maximum Gasteiger partial charge on any atom is 0.407 e. The lowest BCUT2D eigenvalue weighted by molar-refractivity contribution is -0.131. The van der Waals surface area contributed by atoms with Crippen LogP contribution < -0.4 is 5.32 Å². The highest BCUT2D eigenvalue weighted by Crippen LogP contribution is 2.07. The van der Waals surface area contributed by atoms with Gasteiger partial charge in [0, 0.05) is 39.1 Å². The fourth-order valence-corrected chi connectivity index (χ4v) is 2.38. The molecule has 1 aliphatic rings. The van der Waals surface area contributed by atoms with Crippen molar-refractivity contribution in [2.45, 2.75) is 46.1 Å². The van der Waals surface area contributed by atoms with Crippen LogP contribution in [0.4, 0.5) is 4.79 Å². The average molecular weight is 339 g/mol. The van der Waals surface area contributed by atoms with Crippen LogP contribution in [0.5, 0.6) is 0 Å². The molecule has 0 bridgehead atoms. The van der Waals surface area contributed by atoms with E-state index in [9.17, 15) is 14.4 Å². The molecule has 1 aliphatic heterocycles. The summed E-state index contributed by atoms with van der Waals surface area (Å²) in [5.74, 6) is -0.0372. The Bertz CT molecular complexity index is 483. The molecule has 0 unspecified atom stereocenters. The van der Waals surface area contributed by atoms with Crippen molar-refractivity contribution in [3.05, 3.63) is 12.2 Å². The first-order chi connectivity index (χ1) is 11.2. The van der Waals surface area contributed by atoms with Gasteiger partial charge in [0.1, 0.15) is 5.60 Å². The molecular weight excluding hydrogens is 310 g/mol. The molecule has 7 nitrogen and oxygen atoms in total. The van der Waals surface area contributed by atoms with Crippen molar-refractivity contribution in [3.8, 4) is 0 Å². The fourth-order valence-electron chi connectivity index (χ4n) is 2.38. The number of alkyl carbamates (subject to hydrolysis) is 1. The molecule has 1 fully saturated rings. The first kappa shape index (κ1) is 20.0. The number of amides is 3. The molecule has 1 saturated heterocycles. The minimum Gasteiger partial charge on any atom is -0.444 e. The van der Waals surface area contributed by atoms with Crippen molar-refractivity contribution in [1.82, 2.24) is 15.1 Å². The molecule has 0 atom stereocenters. The average Bonchev–Trinajstić information content (AvgIpc) is 2.71. The molecule has 0 aromatic heterocycles. The Kier molecular flexibility index (Phi) is 7.74. The molecule has 1 heterocycles. The SMILES string of the molecule is C/C=C/C(=O)N1CCCN(C(=O)CCNC(=O)OC(C)(C)C)CC1. The first-order valence-electron chi connectivity index (χ1n) is 8.39. The van der Waals surface area contributed by atoms with Gasteiger partial charge in [-0.1, -0.05) is 6.08 Å². The summed E-state index contributed by atoms with van der Waals surface area (Å²) < 4.78 is 5.12. The van der Waals surface area contributed by atoms with Gasteiger partial charge < -0.3 is 19.9 Å². The van der Waals surface area contributed by atoms with E-state index < -0.39 is 11.7 Å². The zero-order valence-corrected chi connectivity index (χ0v) is 15.1. The zero-order valence-electron chi connectivity index (χ0n) is 15.1. The lowest BCUT2D eigenvalue weighted by Gasteiger charge is -2.22. The molecule has 1 rings (SSSR count). The van der Waals surface area contributed by atoms with Crippen LogP contribution in [0, 0.1) is 0 Å². The number of carbonyl (C=O) groups excluding carboxylic acids is 3. The van der Waals surface area contributed by atoms with Crippen LogP contribution in [0.25, 0.3) is 0 Å². The van der Waals surface area contributed by atoms with E-state index in [0.717, 1.165) is 6.42 Å². The molecule has 0 radical (unpaired) electrons. The molecule has 0 spiro atoms. The van der Waals surface area contributed by atoms with Crippen LogP contribution in [0.2, 0.25) is 0 Å². The molecule has 0 saturated carbocycles. The number of nitrogens with one attached hydrogen (secondary N) is 1.